The van der Waals surface area contributed by atoms with Crippen molar-refractivity contribution in [2.45, 2.75) is 169 Å². The highest BCUT2D eigenvalue weighted by Gasteiger charge is 2.37. The summed E-state index contributed by atoms with van der Waals surface area (Å²) in [6, 6.07) is 34.5. The van der Waals surface area contributed by atoms with Crippen LogP contribution < -0.4 is 52.2 Å². The normalized spacial score (nSPS) is 14.4. The quantitative estimate of drug-likeness (QED) is 0.0230. The number of fused-ring (bicyclic) bond motifs is 6. The molecule has 0 atom stereocenters. The van der Waals surface area contributed by atoms with Crippen LogP contribution in [0.2, 0.25) is 0 Å². The van der Waals surface area contributed by atoms with E-state index in [2.05, 4.69) is 61.0 Å². The lowest BCUT2D eigenvalue weighted by Gasteiger charge is -2.34. The number of hydrogen-bond donors (Lipinski definition) is 10. The number of nitrogens with two attached hydrogens (primary N) is 1. The molecule has 0 unspecified atom stereocenters. The minimum atomic E-state index is -1.09. The van der Waals surface area contributed by atoms with Crippen molar-refractivity contribution in [2.24, 2.45) is 5.73 Å². The van der Waals surface area contributed by atoms with E-state index >= 15 is 0 Å². The summed E-state index contributed by atoms with van der Waals surface area (Å²) in [6.45, 7) is 14.4. The number of ether oxygens (including phenoxy) is 3. The summed E-state index contributed by atoms with van der Waals surface area (Å²) in [5.41, 5.74) is 15.2. The van der Waals surface area contributed by atoms with Crippen molar-refractivity contribution in [3.8, 4) is 17.2 Å². The third-order valence-electron chi connectivity index (χ3n) is 22.3. The molecule has 18 rings (SSSR count). The van der Waals surface area contributed by atoms with Gasteiger partial charge in [0, 0.05) is 124 Å². The molecule has 12 aromatic rings. The second-order valence-corrected chi connectivity index (χ2v) is 32.3. The molecule has 3 fully saturated rings. The number of ketones is 1. The molecule has 5 amide bonds. The van der Waals surface area contributed by atoms with Crippen LogP contribution in [0.25, 0.3) is 33.4 Å². The van der Waals surface area contributed by atoms with Gasteiger partial charge in [0.15, 0.2) is 62.7 Å². The number of carboxylic acids is 2. The molecule has 3 aliphatic heterocycles. The Morgan fingerprint density at radius 1 is 0.504 bits per heavy atom. The highest BCUT2D eigenvalue weighted by molar-refractivity contribution is 6.07. The Kier molecular flexibility index (Phi) is 27.6. The van der Waals surface area contributed by atoms with E-state index in [0.717, 1.165) is 59.3 Å². The molecule has 0 radical (unpaired) electrons. The van der Waals surface area contributed by atoms with Gasteiger partial charge in [0.05, 0.1) is 60.0 Å². The third kappa shape index (κ3) is 20.8. The van der Waals surface area contributed by atoms with Gasteiger partial charge >= 0.3 is 11.9 Å². The number of nitrogens with zero attached hydrogens (tertiary/aromatic N) is 12. The maximum atomic E-state index is 13.5. The number of aromatic nitrogens is 12. The van der Waals surface area contributed by atoms with E-state index in [0.29, 0.717) is 124 Å². The van der Waals surface area contributed by atoms with Crippen molar-refractivity contribution in [3.05, 3.63) is 256 Å². The van der Waals surface area contributed by atoms with Crippen molar-refractivity contribution in [1.82, 2.24) is 84.1 Å². The second-order valence-electron chi connectivity index (χ2n) is 32.3. The molecule has 127 heavy (non-hydrogen) atoms. The minimum absolute atomic E-state index is 0.0185. The van der Waals surface area contributed by atoms with Gasteiger partial charge in [-0.1, -0.05) is 91.0 Å². The van der Waals surface area contributed by atoms with Crippen molar-refractivity contribution in [3.63, 3.8) is 0 Å². The molecule has 0 spiro atoms. The van der Waals surface area contributed by atoms with Gasteiger partial charge in [0.25, 0.3) is 29.5 Å². The SMILES string of the molecule is CC(C)N1CCn2c(CN)cc(=O)c(OCc3ccccc3)c2C1=O.CC(C)N1CCn2c(CO)cc(=O)c(OCc3ccccc3)c2C1=O.CC(C)N1CCn2c(NCC(=O)CNC(=O)c3c[nH]c4ncc(C5CC5)nc34)cc(=O)c(OCc3ccccc3)c2C1=O.O=C(O)CNC(=O)c1c[nH]c2ncc(C3CC3)nc12.O=C(O)c1[nH]nc2ncc(C3CC3)cc12. The summed E-state index contributed by atoms with van der Waals surface area (Å²) in [5.74, 6) is -2.14. The van der Waals surface area contributed by atoms with E-state index in [9.17, 15) is 57.8 Å². The number of aromatic amines is 3. The fraction of sp³-hybridized carbons (Fsp3) is 0.352. The van der Waals surface area contributed by atoms with Crippen LogP contribution in [0.15, 0.2) is 161 Å². The Labute approximate surface area is 726 Å². The highest BCUT2D eigenvalue weighted by Crippen LogP contribution is 2.42. The molecule has 36 heteroatoms. The zero-order valence-corrected chi connectivity index (χ0v) is 71.0. The summed E-state index contributed by atoms with van der Waals surface area (Å²) in [4.78, 5) is 169. The predicted molar refractivity (Wildman–Crippen MR) is 467 cm³/mol. The largest absolute Gasteiger partial charge is 0.483 e. The number of aromatic carboxylic acids is 1. The highest BCUT2D eigenvalue weighted by atomic mass is 16.5. The van der Waals surface area contributed by atoms with Crippen molar-refractivity contribution < 1.29 is 67.9 Å². The van der Waals surface area contributed by atoms with Gasteiger partial charge in [-0.3, -0.25) is 53.0 Å². The summed E-state index contributed by atoms with van der Waals surface area (Å²) in [5, 5.41) is 41.9. The zero-order chi connectivity index (χ0) is 89.9. The molecule has 6 aliphatic rings. The molecule has 12 heterocycles. The topological polar surface area (TPSA) is 487 Å². The molecule has 9 aromatic heterocycles. The number of rotatable bonds is 27. The number of amides is 5. The summed E-state index contributed by atoms with van der Waals surface area (Å²) >= 11 is 0. The Hall–Kier alpha value is -14.6. The lowest BCUT2D eigenvalue weighted by Crippen LogP contribution is -2.46. The Balaban J connectivity index is 0.000000135. The number of nitrogens with one attached hydrogen (secondary N) is 6. The number of pyridine rings is 4. The molecular formula is C91H99N19O17. The minimum Gasteiger partial charge on any atom is -0.483 e. The van der Waals surface area contributed by atoms with Gasteiger partial charge < -0.3 is 89.6 Å². The number of H-pyrrole nitrogens is 3. The van der Waals surface area contributed by atoms with Gasteiger partial charge in [-0.2, -0.15) is 5.10 Å². The Morgan fingerprint density at radius 2 is 0.921 bits per heavy atom. The van der Waals surface area contributed by atoms with Gasteiger partial charge in [-0.25, -0.2) is 29.7 Å². The van der Waals surface area contributed by atoms with E-state index < -0.39 is 35.7 Å². The number of aliphatic carboxylic acids is 1. The van der Waals surface area contributed by atoms with Crippen LogP contribution in [0.1, 0.15) is 206 Å². The number of Topliss-reactive ketones (excluding diaryl/α,β-unsaturated/α-hetero) is 1. The third-order valence-corrected chi connectivity index (χ3v) is 22.3. The van der Waals surface area contributed by atoms with Crippen LogP contribution in [0.3, 0.4) is 0 Å². The Bertz CT molecular complexity index is 6170. The first kappa shape index (κ1) is 88.8. The van der Waals surface area contributed by atoms with Gasteiger partial charge in [-0.15, -0.1) is 0 Å². The smallest absolute Gasteiger partial charge is 0.354 e. The van der Waals surface area contributed by atoms with E-state index in [1.54, 1.807) is 42.4 Å². The average molecular weight is 1730 g/mol. The van der Waals surface area contributed by atoms with Crippen LogP contribution in [-0.2, 0) is 62.2 Å². The molecule has 0 bridgehead atoms. The zero-order valence-electron chi connectivity index (χ0n) is 71.0. The predicted octanol–water partition coefficient (Wildman–Crippen LogP) is 8.57. The standard InChI is InChI=1S/C31H33N7O5.C19H23N3O3.C19H22N2O4.C12H12N4O3.C10H9N3O2/c1-18(2)37-10-11-38-25(12-24(40)28(27(38)31(37)42)43-17-19-6-4-3-5-7-19)32-13-21(39)14-35-30(41)22-15-33-29-26(22)36-23(16-34-29)20-8-9-20;1-13(2)21-8-9-22-15(11-20)10-16(23)18(17(22)19(21)24)25-12-14-6-4-3-5-7-14;1-13(2)20-8-9-21-15(11-22)10-16(23)18(17(21)19(20)24)25-12-14-6-4-3-5-7-14;17-9(18)5-15-12(19)7-3-13-11-10(7)16-8(4-14-11)6-1-2-6;14-10(15)8-7-3-6(5-1-2-5)4-11-9(7)13-12-8/h3-7,12,15-16,18,20,32H,8-11,13-14,17H2,1-2H3,(H,33,34)(H,35,41);3-7,10,13H,8-9,11-12,20H2,1-2H3;3-7,10,13,22H,8-9,11-12H2,1-2H3;3-4,6H,1-2,5H2,(H,13,14)(H,15,19)(H,17,18);3-5H,1-2H2,(H,14,15)(H,11,12,13). The number of anilines is 1. The molecular weight excluding hydrogens is 1630 g/mol. The fourth-order valence-corrected chi connectivity index (χ4v) is 15.0. The fourth-order valence-electron chi connectivity index (χ4n) is 15.0. The average Bonchev–Trinajstić information content (AvgIpc) is 0.932. The van der Waals surface area contributed by atoms with Crippen LogP contribution in [-0.4, -0.2) is 193 Å². The molecule has 36 nitrogen and oxygen atoms in total. The van der Waals surface area contributed by atoms with Crippen molar-refractivity contribution in [2.75, 3.05) is 44.6 Å². The number of aliphatic hydroxyl groups excluding tert-OH is 1. The van der Waals surface area contributed by atoms with Crippen LogP contribution >= 0.6 is 0 Å². The summed E-state index contributed by atoms with van der Waals surface area (Å²) in [7, 11) is 0. The maximum Gasteiger partial charge on any atom is 0.354 e. The lowest BCUT2D eigenvalue weighted by atomic mass is 10.1. The van der Waals surface area contributed by atoms with Crippen LogP contribution in [0, 0.1) is 0 Å². The molecule has 3 aromatic carbocycles. The number of aliphatic hydroxyl groups is 1. The number of carbonyl (C=O) groups excluding carboxylic acids is 6. The first-order valence-corrected chi connectivity index (χ1v) is 42.1. The van der Waals surface area contributed by atoms with E-state index in [1.165, 1.54) is 43.4 Å². The number of carboxylic acid groups (broad SMARTS) is 2. The summed E-state index contributed by atoms with van der Waals surface area (Å²) in [6.07, 6.45) is 15.0. The number of hydrogen-bond acceptors (Lipinski definition) is 23. The molecule has 11 N–H and O–H groups in total. The molecule has 660 valence electrons. The van der Waals surface area contributed by atoms with Crippen molar-refractivity contribution >= 4 is 86.4 Å². The first-order valence-electron chi connectivity index (χ1n) is 42.1. The van der Waals surface area contributed by atoms with Gasteiger partial charge in [0.2, 0.25) is 16.3 Å². The molecule has 3 aliphatic carbocycles. The maximum absolute atomic E-state index is 13.5. The van der Waals surface area contributed by atoms with Crippen molar-refractivity contribution in [1.29, 1.82) is 0 Å². The number of benzene rings is 3. The molecule has 0 saturated heterocycles. The number of carbonyl (C=O) groups is 8. The first-order chi connectivity index (χ1) is 61.2. The monoisotopic (exact) mass is 1730 g/mol. The summed E-state index contributed by atoms with van der Waals surface area (Å²) < 4.78 is 22.7. The van der Waals surface area contributed by atoms with Gasteiger partial charge in [0.1, 0.15) is 43.2 Å². The second kappa shape index (κ2) is 39.5. The van der Waals surface area contributed by atoms with Gasteiger partial charge in [-0.05, 0) is 114 Å². The van der Waals surface area contributed by atoms with Crippen LogP contribution in [0.5, 0.6) is 17.2 Å². The lowest BCUT2D eigenvalue weighted by molar-refractivity contribution is -0.135. The molecule has 3 saturated carbocycles. The van der Waals surface area contributed by atoms with E-state index in [1.807, 2.05) is 143 Å². The van der Waals surface area contributed by atoms with Crippen LogP contribution in [0.4, 0.5) is 5.82 Å². The Morgan fingerprint density at radius 3 is 1.34 bits per heavy atom. The van der Waals surface area contributed by atoms with E-state index in [-0.39, 0.29) is 133 Å². The van der Waals surface area contributed by atoms with E-state index in [4.69, 9.17) is 30.2 Å².